The molecule has 146 valence electrons. The van der Waals surface area contributed by atoms with Crippen LogP contribution in [0.3, 0.4) is 0 Å². The van der Waals surface area contributed by atoms with Gasteiger partial charge < -0.3 is 9.47 Å². The molecular formula is C22H26Cl2O3. The predicted octanol–water partition coefficient (Wildman–Crippen LogP) is 6.89. The van der Waals surface area contributed by atoms with Gasteiger partial charge in [-0.15, -0.1) is 0 Å². The van der Waals surface area contributed by atoms with E-state index in [2.05, 4.69) is 6.92 Å². The molecule has 5 heteroatoms. The number of aryl methyl sites for hydroxylation is 1. The number of rotatable bonds is 10. The Balaban J connectivity index is 2.23. The number of ketones is 1. The van der Waals surface area contributed by atoms with E-state index in [9.17, 15) is 4.79 Å². The van der Waals surface area contributed by atoms with Crippen LogP contribution in [0.1, 0.15) is 60.5 Å². The van der Waals surface area contributed by atoms with Crippen LogP contribution in [0.2, 0.25) is 10.0 Å². The van der Waals surface area contributed by atoms with E-state index >= 15 is 0 Å². The number of carbonyl (C=O) groups is 1. The van der Waals surface area contributed by atoms with Gasteiger partial charge in [0, 0.05) is 5.56 Å². The number of methoxy groups -OCH3 is 1. The largest absolute Gasteiger partial charge is 0.493 e. The first kappa shape index (κ1) is 21.6. The van der Waals surface area contributed by atoms with Crippen molar-refractivity contribution in [2.75, 3.05) is 13.7 Å². The molecule has 0 N–H and O–H groups in total. The molecule has 0 heterocycles. The summed E-state index contributed by atoms with van der Waals surface area (Å²) in [5, 5.41) is 0.669. The number of unbranched alkanes of at least 4 members (excludes halogenated alkanes) is 4. The Morgan fingerprint density at radius 3 is 2.30 bits per heavy atom. The van der Waals surface area contributed by atoms with Crippen LogP contribution in [0.4, 0.5) is 0 Å². The number of ether oxygens (including phenoxy) is 2. The minimum absolute atomic E-state index is 0.224. The summed E-state index contributed by atoms with van der Waals surface area (Å²) >= 11 is 12.4. The van der Waals surface area contributed by atoms with Crippen LogP contribution < -0.4 is 9.47 Å². The van der Waals surface area contributed by atoms with Crippen LogP contribution in [0.25, 0.3) is 0 Å². The molecule has 0 amide bonds. The Kier molecular flexibility index (Phi) is 8.46. The van der Waals surface area contributed by atoms with Crippen molar-refractivity contribution in [1.82, 2.24) is 0 Å². The van der Waals surface area contributed by atoms with Crippen LogP contribution in [0, 0.1) is 6.92 Å². The van der Waals surface area contributed by atoms with Crippen molar-refractivity contribution in [2.24, 2.45) is 0 Å². The summed E-state index contributed by atoms with van der Waals surface area (Å²) in [5.74, 6) is 0.950. The van der Waals surface area contributed by atoms with Crippen LogP contribution in [-0.4, -0.2) is 19.5 Å². The summed E-state index contributed by atoms with van der Waals surface area (Å²) in [7, 11) is 1.59. The highest BCUT2D eigenvalue weighted by Crippen LogP contribution is 2.34. The lowest BCUT2D eigenvalue weighted by molar-refractivity contribution is 0.103. The number of halogens is 2. The van der Waals surface area contributed by atoms with Crippen molar-refractivity contribution in [2.45, 2.75) is 46.0 Å². The van der Waals surface area contributed by atoms with Crippen LogP contribution >= 0.6 is 23.2 Å². The molecule has 0 saturated carbocycles. The fourth-order valence-corrected chi connectivity index (χ4v) is 3.48. The summed E-state index contributed by atoms with van der Waals surface area (Å²) in [6.45, 7) is 4.64. The van der Waals surface area contributed by atoms with E-state index in [1.54, 1.807) is 31.4 Å². The molecule has 3 nitrogen and oxygen atoms in total. The fourth-order valence-electron chi connectivity index (χ4n) is 2.92. The average molecular weight is 409 g/mol. The Morgan fingerprint density at radius 2 is 1.67 bits per heavy atom. The zero-order chi connectivity index (χ0) is 19.8. The van der Waals surface area contributed by atoms with E-state index < -0.39 is 0 Å². The zero-order valence-corrected chi connectivity index (χ0v) is 17.6. The van der Waals surface area contributed by atoms with Gasteiger partial charge in [-0.3, -0.25) is 4.79 Å². The van der Waals surface area contributed by atoms with Crippen molar-refractivity contribution < 1.29 is 14.3 Å². The Hall–Kier alpha value is -1.71. The third-order valence-electron chi connectivity index (χ3n) is 4.45. The summed E-state index contributed by atoms with van der Waals surface area (Å²) in [5.41, 5.74) is 1.59. The first-order valence-electron chi connectivity index (χ1n) is 9.29. The van der Waals surface area contributed by atoms with Crippen molar-refractivity contribution in [1.29, 1.82) is 0 Å². The normalized spacial score (nSPS) is 10.7. The predicted molar refractivity (Wildman–Crippen MR) is 112 cm³/mol. The van der Waals surface area contributed by atoms with Crippen molar-refractivity contribution in [3.8, 4) is 11.5 Å². The molecule has 2 aromatic carbocycles. The lowest BCUT2D eigenvalue weighted by Crippen LogP contribution is -2.08. The van der Waals surface area contributed by atoms with E-state index in [0.29, 0.717) is 39.3 Å². The van der Waals surface area contributed by atoms with Gasteiger partial charge in [-0.1, -0.05) is 61.9 Å². The Morgan fingerprint density at radius 1 is 1.00 bits per heavy atom. The number of carbonyl (C=O) groups excluding carboxylic acids is 1. The van der Waals surface area contributed by atoms with E-state index in [4.69, 9.17) is 32.7 Å². The van der Waals surface area contributed by atoms with Gasteiger partial charge >= 0.3 is 0 Å². The lowest BCUT2D eigenvalue weighted by Gasteiger charge is -2.15. The van der Waals surface area contributed by atoms with Crippen molar-refractivity contribution in [3.05, 3.63) is 57.1 Å². The maximum Gasteiger partial charge on any atom is 0.196 e. The van der Waals surface area contributed by atoms with Gasteiger partial charge in [-0.2, -0.15) is 0 Å². The molecule has 0 atom stereocenters. The maximum absolute atomic E-state index is 13.0. The highest BCUT2D eigenvalue weighted by atomic mass is 35.5. The molecular weight excluding hydrogens is 383 g/mol. The van der Waals surface area contributed by atoms with Gasteiger partial charge in [-0.25, -0.2) is 0 Å². The Labute approximate surface area is 171 Å². The van der Waals surface area contributed by atoms with Crippen molar-refractivity contribution in [3.63, 3.8) is 0 Å². The zero-order valence-electron chi connectivity index (χ0n) is 16.1. The summed E-state index contributed by atoms with van der Waals surface area (Å²) in [6, 6.07) is 8.57. The highest BCUT2D eigenvalue weighted by Gasteiger charge is 2.21. The molecule has 2 aromatic rings. The number of benzene rings is 2. The minimum Gasteiger partial charge on any atom is -0.493 e. The standard InChI is InChI=1S/C22H26Cl2O3/c1-4-5-6-7-8-12-27-20-14-16(15(2)13-19(20)26-3)22(25)21-17(23)10-9-11-18(21)24/h9-11,13-14H,4-8,12H2,1-3H3. The quantitative estimate of drug-likeness (QED) is 0.317. The second-order valence-corrected chi connectivity index (χ2v) is 7.32. The molecule has 0 spiro atoms. The van der Waals surface area contributed by atoms with Gasteiger partial charge in [-0.05, 0) is 43.2 Å². The smallest absolute Gasteiger partial charge is 0.196 e. The first-order valence-corrected chi connectivity index (χ1v) is 10.0. The summed E-state index contributed by atoms with van der Waals surface area (Å²) < 4.78 is 11.3. The molecule has 0 fully saturated rings. The molecule has 2 rings (SSSR count). The van der Waals surface area contributed by atoms with Crippen LogP contribution in [0.5, 0.6) is 11.5 Å². The van der Waals surface area contributed by atoms with Gasteiger partial charge in [0.25, 0.3) is 0 Å². The topological polar surface area (TPSA) is 35.5 Å². The molecule has 0 unspecified atom stereocenters. The SMILES string of the molecule is CCCCCCCOc1cc(C(=O)c2c(Cl)cccc2Cl)c(C)cc1OC. The third-order valence-corrected chi connectivity index (χ3v) is 5.08. The van der Waals surface area contributed by atoms with Gasteiger partial charge in [0.05, 0.1) is 29.3 Å². The Bertz CT molecular complexity index is 767. The molecule has 0 radical (unpaired) electrons. The van der Waals surface area contributed by atoms with E-state index in [1.807, 2.05) is 13.0 Å². The minimum atomic E-state index is -0.224. The fraction of sp³-hybridized carbons (Fsp3) is 0.409. The molecule has 0 bridgehead atoms. The average Bonchev–Trinajstić information content (AvgIpc) is 2.64. The second kappa shape index (κ2) is 10.6. The molecule has 0 aliphatic rings. The number of hydrogen-bond acceptors (Lipinski definition) is 3. The highest BCUT2D eigenvalue weighted by molar-refractivity contribution is 6.41. The molecule has 0 aliphatic heterocycles. The van der Waals surface area contributed by atoms with Gasteiger partial charge in [0.2, 0.25) is 0 Å². The summed E-state index contributed by atoms with van der Waals surface area (Å²) in [6.07, 6.45) is 5.76. The molecule has 0 aromatic heterocycles. The summed E-state index contributed by atoms with van der Waals surface area (Å²) in [4.78, 5) is 13.0. The monoisotopic (exact) mass is 408 g/mol. The molecule has 0 aliphatic carbocycles. The number of hydrogen-bond donors (Lipinski definition) is 0. The van der Waals surface area contributed by atoms with E-state index in [1.165, 1.54) is 19.3 Å². The second-order valence-electron chi connectivity index (χ2n) is 6.51. The van der Waals surface area contributed by atoms with Crippen molar-refractivity contribution >= 4 is 29.0 Å². The lowest BCUT2D eigenvalue weighted by atomic mass is 9.98. The van der Waals surface area contributed by atoms with E-state index in [0.717, 1.165) is 18.4 Å². The molecule has 0 saturated heterocycles. The van der Waals surface area contributed by atoms with Crippen LogP contribution in [0.15, 0.2) is 30.3 Å². The first-order chi connectivity index (χ1) is 13.0. The maximum atomic E-state index is 13.0. The molecule has 27 heavy (non-hydrogen) atoms. The van der Waals surface area contributed by atoms with E-state index in [-0.39, 0.29) is 5.78 Å². The van der Waals surface area contributed by atoms with Gasteiger partial charge in [0.1, 0.15) is 0 Å². The van der Waals surface area contributed by atoms with Crippen LogP contribution in [-0.2, 0) is 0 Å². The van der Waals surface area contributed by atoms with Gasteiger partial charge in [0.15, 0.2) is 17.3 Å². The third kappa shape index (κ3) is 5.63.